The molecule has 2 aliphatic rings. The summed E-state index contributed by atoms with van der Waals surface area (Å²) in [5, 5.41) is 15.0. The van der Waals surface area contributed by atoms with E-state index in [-0.39, 0.29) is 17.7 Å². The fourth-order valence-electron chi connectivity index (χ4n) is 4.02. The van der Waals surface area contributed by atoms with E-state index in [1.165, 1.54) is 25.7 Å². The van der Waals surface area contributed by atoms with E-state index < -0.39 is 0 Å². The number of fused-ring (bicyclic) bond motifs is 1. The summed E-state index contributed by atoms with van der Waals surface area (Å²) < 4.78 is 1.76. The van der Waals surface area contributed by atoms with E-state index in [1.54, 1.807) is 10.9 Å². The number of aromatic nitrogens is 4. The van der Waals surface area contributed by atoms with Crippen molar-refractivity contribution in [3.05, 3.63) is 22.4 Å². The third-order valence-electron chi connectivity index (χ3n) is 5.23. The van der Waals surface area contributed by atoms with Crippen LogP contribution in [0.15, 0.2) is 11.0 Å². The highest BCUT2D eigenvalue weighted by atomic mass is 16.3. The van der Waals surface area contributed by atoms with Crippen molar-refractivity contribution in [3.63, 3.8) is 0 Å². The lowest BCUT2D eigenvalue weighted by atomic mass is 10.0. The molecular formula is C16H22N4O2. The summed E-state index contributed by atoms with van der Waals surface area (Å²) >= 11 is 0. The van der Waals surface area contributed by atoms with Crippen LogP contribution in [0.1, 0.15) is 56.8 Å². The smallest absolute Gasteiger partial charge is 0.262 e. The molecule has 2 aromatic rings. The first-order chi connectivity index (χ1) is 10.7. The summed E-state index contributed by atoms with van der Waals surface area (Å²) in [6.45, 7) is 0. The summed E-state index contributed by atoms with van der Waals surface area (Å²) in [5.41, 5.74) is 0.513. The topological polar surface area (TPSA) is 83.8 Å². The van der Waals surface area contributed by atoms with E-state index in [0.717, 1.165) is 31.5 Å². The third kappa shape index (κ3) is 2.35. The highest BCUT2D eigenvalue weighted by Crippen LogP contribution is 2.31. The number of nitrogens with one attached hydrogen (secondary N) is 1. The van der Waals surface area contributed by atoms with Crippen molar-refractivity contribution in [2.24, 2.45) is 5.92 Å². The molecule has 6 heteroatoms. The molecule has 6 nitrogen and oxygen atoms in total. The van der Waals surface area contributed by atoms with Crippen LogP contribution in [0.25, 0.3) is 11.0 Å². The highest BCUT2D eigenvalue weighted by molar-refractivity contribution is 5.73. The van der Waals surface area contributed by atoms with Gasteiger partial charge in [0.1, 0.15) is 11.2 Å². The van der Waals surface area contributed by atoms with Crippen molar-refractivity contribution in [2.45, 2.75) is 63.5 Å². The molecule has 4 rings (SSSR count). The minimum absolute atomic E-state index is 0.0499. The minimum Gasteiger partial charge on any atom is -0.391 e. The lowest BCUT2D eigenvalue weighted by molar-refractivity contribution is 0.132. The standard InChI is InChI=1S/C16H22N4O2/c21-13-7-3-6-12(13)20-15-11(9-17-20)16(22)19-14(18-15)8-10-4-1-2-5-10/h9-10,12-13,21H,1-8H2,(H,18,19,22). The van der Waals surface area contributed by atoms with Crippen molar-refractivity contribution in [1.82, 2.24) is 19.7 Å². The zero-order valence-corrected chi connectivity index (χ0v) is 12.7. The van der Waals surface area contributed by atoms with Crippen molar-refractivity contribution in [3.8, 4) is 0 Å². The number of hydrogen-bond acceptors (Lipinski definition) is 4. The van der Waals surface area contributed by atoms with Crippen LogP contribution in [0.4, 0.5) is 0 Å². The van der Waals surface area contributed by atoms with Crippen LogP contribution in [0, 0.1) is 5.92 Å². The molecule has 118 valence electrons. The Morgan fingerprint density at radius 1 is 1.23 bits per heavy atom. The molecule has 0 aliphatic heterocycles. The van der Waals surface area contributed by atoms with Gasteiger partial charge in [-0.05, 0) is 25.2 Å². The summed E-state index contributed by atoms with van der Waals surface area (Å²) in [5.74, 6) is 1.40. The van der Waals surface area contributed by atoms with E-state index in [4.69, 9.17) is 0 Å². The maximum atomic E-state index is 12.3. The molecule has 0 radical (unpaired) electrons. The molecule has 0 spiro atoms. The molecule has 2 aromatic heterocycles. The van der Waals surface area contributed by atoms with E-state index >= 15 is 0 Å². The van der Waals surface area contributed by atoms with Crippen molar-refractivity contribution in [1.29, 1.82) is 0 Å². The first-order valence-electron chi connectivity index (χ1n) is 8.37. The molecule has 2 aliphatic carbocycles. The number of aliphatic hydroxyl groups is 1. The Kier molecular flexibility index (Phi) is 3.48. The summed E-state index contributed by atoms with van der Waals surface area (Å²) in [6, 6.07) is -0.0499. The number of nitrogens with zero attached hydrogens (tertiary/aromatic N) is 3. The lowest BCUT2D eigenvalue weighted by Gasteiger charge is -2.16. The second-order valence-electron chi connectivity index (χ2n) is 6.76. The van der Waals surface area contributed by atoms with Crippen LogP contribution in [0.5, 0.6) is 0 Å². The van der Waals surface area contributed by atoms with Crippen LogP contribution in [-0.2, 0) is 6.42 Å². The normalized spacial score (nSPS) is 26.2. The molecule has 22 heavy (non-hydrogen) atoms. The van der Waals surface area contributed by atoms with Gasteiger partial charge in [0.05, 0.1) is 18.3 Å². The maximum absolute atomic E-state index is 12.3. The van der Waals surface area contributed by atoms with Gasteiger partial charge >= 0.3 is 0 Å². The fraction of sp³-hybridized carbons (Fsp3) is 0.688. The largest absolute Gasteiger partial charge is 0.391 e. The van der Waals surface area contributed by atoms with Gasteiger partial charge in [0.15, 0.2) is 5.65 Å². The monoisotopic (exact) mass is 302 g/mol. The third-order valence-corrected chi connectivity index (χ3v) is 5.23. The van der Waals surface area contributed by atoms with E-state index in [0.29, 0.717) is 17.0 Å². The summed E-state index contributed by atoms with van der Waals surface area (Å²) in [7, 11) is 0. The Morgan fingerprint density at radius 2 is 2.05 bits per heavy atom. The zero-order valence-electron chi connectivity index (χ0n) is 12.7. The van der Waals surface area contributed by atoms with Gasteiger partial charge in [0.2, 0.25) is 0 Å². The van der Waals surface area contributed by atoms with Gasteiger partial charge in [-0.1, -0.05) is 25.7 Å². The number of H-pyrrole nitrogens is 1. The molecule has 0 bridgehead atoms. The Morgan fingerprint density at radius 3 is 2.77 bits per heavy atom. The minimum atomic E-state index is -0.387. The molecular weight excluding hydrogens is 280 g/mol. The molecule has 2 saturated carbocycles. The molecule has 0 saturated heterocycles. The predicted molar refractivity (Wildman–Crippen MR) is 82.7 cm³/mol. The first-order valence-corrected chi connectivity index (χ1v) is 8.37. The van der Waals surface area contributed by atoms with E-state index in [9.17, 15) is 9.90 Å². The fourth-order valence-corrected chi connectivity index (χ4v) is 4.02. The Bertz CT molecular complexity index is 729. The van der Waals surface area contributed by atoms with E-state index in [1.807, 2.05) is 0 Å². The average Bonchev–Trinajstić information content (AvgIpc) is 3.19. The zero-order chi connectivity index (χ0) is 15.1. The van der Waals surface area contributed by atoms with Crippen LogP contribution < -0.4 is 5.56 Å². The Labute approximate surface area is 128 Å². The second kappa shape index (κ2) is 5.50. The van der Waals surface area contributed by atoms with Gasteiger partial charge < -0.3 is 10.1 Å². The van der Waals surface area contributed by atoms with Crippen LogP contribution in [0.3, 0.4) is 0 Å². The molecule has 2 N–H and O–H groups in total. The SMILES string of the molecule is O=c1[nH]c(CC2CCCC2)nc2c1cnn2C1CCCC1O. The van der Waals surface area contributed by atoms with Crippen molar-refractivity contribution >= 4 is 11.0 Å². The summed E-state index contributed by atoms with van der Waals surface area (Å²) in [6.07, 6.45) is 9.72. The van der Waals surface area contributed by atoms with Crippen LogP contribution in [0.2, 0.25) is 0 Å². The molecule has 2 atom stereocenters. The number of rotatable bonds is 3. The molecule has 0 aromatic carbocycles. The summed E-state index contributed by atoms with van der Waals surface area (Å²) in [4.78, 5) is 19.9. The van der Waals surface area contributed by atoms with Crippen LogP contribution in [-0.4, -0.2) is 31.0 Å². The van der Waals surface area contributed by atoms with Gasteiger partial charge in [-0.25, -0.2) is 9.67 Å². The Balaban J connectivity index is 1.72. The van der Waals surface area contributed by atoms with E-state index in [2.05, 4.69) is 15.1 Å². The van der Waals surface area contributed by atoms with Gasteiger partial charge in [-0.15, -0.1) is 0 Å². The van der Waals surface area contributed by atoms with Crippen LogP contribution >= 0.6 is 0 Å². The van der Waals surface area contributed by atoms with Gasteiger partial charge in [0.25, 0.3) is 5.56 Å². The van der Waals surface area contributed by atoms with Crippen molar-refractivity contribution in [2.75, 3.05) is 0 Å². The quantitative estimate of drug-likeness (QED) is 0.907. The second-order valence-corrected chi connectivity index (χ2v) is 6.76. The van der Waals surface area contributed by atoms with Gasteiger partial charge in [-0.3, -0.25) is 4.79 Å². The molecule has 0 amide bonds. The molecule has 2 heterocycles. The number of aromatic amines is 1. The van der Waals surface area contributed by atoms with Crippen molar-refractivity contribution < 1.29 is 5.11 Å². The number of hydrogen-bond donors (Lipinski definition) is 2. The predicted octanol–water partition coefficient (Wildman–Crippen LogP) is 1.94. The first kappa shape index (κ1) is 13.9. The van der Waals surface area contributed by atoms with Gasteiger partial charge in [0, 0.05) is 6.42 Å². The molecule has 2 fully saturated rings. The Hall–Kier alpha value is -1.69. The number of aliphatic hydroxyl groups excluding tert-OH is 1. The maximum Gasteiger partial charge on any atom is 0.262 e. The highest BCUT2D eigenvalue weighted by Gasteiger charge is 2.29. The lowest BCUT2D eigenvalue weighted by Crippen LogP contribution is -2.21. The average molecular weight is 302 g/mol. The molecule has 2 unspecified atom stereocenters. The van der Waals surface area contributed by atoms with Gasteiger partial charge in [-0.2, -0.15) is 5.10 Å².